The van der Waals surface area contributed by atoms with Crippen molar-refractivity contribution in [3.63, 3.8) is 0 Å². The number of hydrogen-bond donors (Lipinski definition) is 0. The van der Waals surface area contributed by atoms with Crippen molar-refractivity contribution >= 4 is 0 Å². The van der Waals surface area contributed by atoms with E-state index >= 15 is 0 Å². The van der Waals surface area contributed by atoms with Crippen LogP contribution in [0.3, 0.4) is 0 Å². The second-order valence-electron chi connectivity index (χ2n) is 9.55. The lowest BCUT2D eigenvalue weighted by atomic mass is 10.1. The monoisotopic (exact) mass is 486 g/mol. The van der Waals surface area contributed by atoms with E-state index in [9.17, 15) is 4.39 Å². The van der Waals surface area contributed by atoms with E-state index in [-0.39, 0.29) is 6.61 Å². The largest absolute Gasteiger partial charge is 0.494 e. The Bertz CT molecular complexity index is 752. The van der Waals surface area contributed by atoms with Crippen LogP contribution in [0.4, 0.5) is 4.39 Å². The first kappa shape index (κ1) is 29.1. The zero-order valence-electron chi connectivity index (χ0n) is 22.2. The van der Waals surface area contributed by atoms with E-state index in [1.165, 1.54) is 70.6 Å². The maximum absolute atomic E-state index is 14.1. The summed E-state index contributed by atoms with van der Waals surface area (Å²) in [6, 6.07) is 7.85. The van der Waals surface area contributed by atoms with Crippen molar-refractivity contribution in [1.82, 2.24) is 9.97 Å². The van der Waals surface area contributed by atoms with E-state index in [0.717, 1.165) is 37.2 Å². The van der Waals surface area contributed by atoms with Crippen molar-refractivity contribution in [1.29, 1.82) is 0 Å². The first-order valence-corrected chi connectivity index (χ1v) is 14.0. The topological polar surface area (TPSA) is 44.2 Å². The van der Waals surface area contributed by atoms with Crippen molar-refractivity contribution in [3.8, 4) is 22.9 Å². The van der Waals surface area contributed by atoms with Gasteiger partial charge in [0.15, 0.2) is 11.6 Å². The second kappa shape index (κ2) is 19.1. The van der Waals surface area contributed by atoms with Crippen LogP contribution in [0.15, 0.2) is 36.7 Å². The second-order valence-corrected chi connectivity index (χ2v) is 9.55. The third kappa shape index (κ3) is 13.5. The number of benzene rings is 1. The fraction of sp³-hybridized carbons (Fsp3) is 0.667. The molecule has 0 saturated carbocycles. The smallest absolute Gasteiger partial charge is 0.159 e. The van der Waals surface area contributed by atoms with E-state index in [4.69, 9.17) is 9.47 Å². The zero-order valence-corrected chi connectivity index (χ0v) is 22.2. The molecule has 0 amide bonds. The summed E-state index contributed by atoms with van der Waals surface area (Å²) < 4.78 is 25.6. The van der Waals surface area contributed by atoms with Crippen molar-refractivity contribution in [2.75, 3.05) is 13.2 Å². The molecule has 4 nitrogen and oxygen atoms in total. The third-order valence-electron chi connectivity index (χ3n) is 6.31. The molecule has 0 unspecified atom stereocenters. The molecule has 196 valence electrons. The van der Waals surface area contributed by atoms with Gasteiger partial charge in [-0.2, -0.15) is 0 Å². The quantitative estimate of drug-likeness (QED) is 0.165. The molecule has 0 bridgehead atoms. The molecule has 1 atom stereocenters. The number of rotatable bonds is 21. The van der Waals surface area contributed by atoms with Crippen LogP contribution < -0.4 is 9.47 Å². The molecule has 0 aliphatic carbocycles. The van der Waals surface area contributed by atoms with Gasteiger partial charge in [0.2, 0.25) is 0 Å². The Morgan fingerprint density at radius 1 is 0.657 bits per heavy atom. The Morgan fingerprint density at radius 2 is 1.20 bits per heavy atom. The summed E-state index contributed by atoms with van der Waals surface area (Å²) >= 11 is 0. The molecule has 0 N–H and O–H groups in total. The molecule has 0 aliphatic rings. The number of ether oxygens (including phenoxy) is 2. The van der Waals surface area contributed by atoms with Gasteiger partial charge in [-0.25, -0.2) is 14.4 Å². The van der Waals surface area contributed by atoms with Crippen LogP contribution in [0.25, 0.3) is 11.4 Å². The Kier molecular flexibility index (Phi) is 15.8. The number of hydrogen-bond acceptors (Lipinski definition) is 4. The molecule has 0 aliphatic heterocycles. The number of alkyl halides is 1. The number of unbranched alkanes of at least 4 members (excludes halogenated alkanes) is 12. The molecular formula is C30H47FN2O2. The van der Waals surface area contributed by atoms with Crippen LogP contribution in [0.5, 0.6) is 11.5 Å². The maximum Gasteiger partial charge on any atom is 0.159 e. The molecule has 5 heteroatoms. The van der Waals surface area contributed by atoms with Gasteiger partial charge in [-0.1, -0.05) is 97.3 Å². The Hall–Kier alpha value is -2.17. The molecule has 35 heavy (non-hydrogen) atoms. The van der Waals surface area contributed by atoms with Crippen LogP contribution in [0, 0.1) is 0 Å². The fourth-order valence-electron chi connectivity index (χ4n) is 4.08. The summed E-state index contributed by atoms with van der Waals surface area (Å²) in [5, 5.41) is 0. The van der Waals surface area contributed by atoms with Crippen molar-refractivity contribution < 1.29 is 13.9 Å². The average molecular weight is 487 g/mol. The molecule has 0 spiro atoms. The van der Waals surface area contributed by atoms with Crippen molar-refractivity contribution in [2.45, 2.75) is 116 Å². The van der Waals surface area contributed by atoms with E-state index < -0.39 is 6.17 Å². The molecule has 1 heterocycles. The first-order chi connectivity index (χ1) is 17.2. The van der Waals surface area contributed by atoms with Gasteiger partial charge in [0, 0.05) is 5.56 Å². The fourth-order valence-corrected chi connectivity index (χ4v) is 4.08. The molecule has 0 radical (unpaired) electrons. The van der Waals surface area contributed by atoms with Crippen LogP contribution in [0.2, 0.25) is 0 Å². The van der Waals surface area contributed by atoms with Gasteiger partial charge in [-0.15, -0.1) is 0 Å². The molecule has 0 fully saturated rings. The highest BCUT2D eigenvalue weighted by atomic mass is 19.1. The van der Waals surface area contributed by atoms with Crippen molar-refractivity contribution in [3.05, 3.63) is 36.7 Å². The Morgan fingerprint density at radius 3 is 1.80 bits per heavy atom. The van der Waals surface area contributed by atoms with Crippen LogP contribution in [-0.4, -0.2) is 29.4 Å². The van der Waals surface area contributed by atoms with Gasteiger partial charge in [-0.3, -0.25) is 0 Å². The predicted octanol–water partition coefficient (Wildman–Crippen LogP) is 9.13. The Balaban J connectivity index is 1.60. The maximum atomic E-state index is 14.1. The lowest BCUT2D eigenvalue weighted by molar-refractivity contribution is 0.183. The van der Waals surface area contributed by atoms with E-state index in [0.29, 0.717) is 18.0 Å². The standard InChI is InChI=1S/C30H47FN2O2/c1-3-5-7-9-11-12-13-15-17-27(31)25-35-29-23-32-30(33-24-29)26-18-20-28(21-19-26)34-22-16-14-10-8-6-4-2/h18-21,23-24,27H,3-17,22,25H2,1-2H3/t27-/m0/s1. The highest BCUT2D eigenvalue weighted by molar-refractivity contribution is 5.56. The highest BCUT2D eigenvalue weighted by Crippen LogP contribution is 2.21. The number of nitrogens with zero attached hydrogens (tertiary/aromatic N) is 2. The van der Waals surface area contributed by atoms with Crippen LogP contribution in [0.1, 0.15) is 110 Å². The normalized spacial score (nSPS) is 12.0. The number of halogens is 1. The van der Waals surface area contributed by atoms with Crippen LogP contribution >= 0.6 is 0 Å². The van der Waals surface area contributed by atoms with Gasteiger partial charge >= 0.3 is 0 Å². The number of aromatic nitrogens is 2. The first-order valence-electron chi connectivity index (χ1n) is 14.0. The minimum absolute atomic E-state index is 0.0594. The van der Waals surface area contributed by atoms with Gasteiger partial charge in [0.05, 0.1) is 19.0 Å². The van der Waals surface area contributed by atoms with Gasteiger partial charge in [-0.05, 0) is 37.1 Å². The minimum Gasteiger partial charge on any atom is -0.494 e. The zero-order chi connectivity index (χ0) is 25.0. The summed E-state index contributed by atoms with van der Waals surface area (Å²) in [5.41, 5.74) is 0.918. The average Bonchev–Trinajstić information content (AvgIpc) is 2.89. The molecule has 2 rings (SSSR count). The minimum atomic E-state index is -0.946. The predicted molar refractivity (Wildman–Crippen MR) is 144 cm³/mol. The third-order valence-corrected chi connectivity index (χ3v) is 6.31. The van der Waals surface area contributed by atoms with Gasteiger partial charge < -0.3 is 9.47 Å². The lowest BCUT2D eigenvalue weighted by Gasteiger charge is -2.10. The molecular weight excluding hydrogens is 439 g/mol. The van der Waals surface area contributed by atoms with E-state index in [1.807, 2.05) is 24.3 Å². The highest BCUT2D eigenvalue weighted by Gasteiger charge is 2.09. The summed E-state index contributed by atoms with van der Waals surface area (Å²) in [6.45, 7) is 5.28. The molecule has 0 saturated heterocycles. The molecule has 1 aromatic heterocycles. The summed E-state index contributed by atoms with van der Waals surface area (Å²) in [4.78, 5) is 8.77. The van der Waals surface area contributed by atoms with Gasteiger partial charge in [0.25, 0.3) is 0 Å². The van der Waals surface area contributed by atoms with E-state index in [2.05, 4.69) is 23.8 Å². The molecule has 1 aromatic carbocycles. The lowest BCUT2D eigenvalue weighted by Crippen LogP contribution is -2.13. The Labute approximate surface area is 213 Å². The summed E-state index contributed by atoms with van der Waals surface area (Å²) in [6.07, 6.45) is 20.1. The summed E-state index contributed by atoms with van der Waals surface area (Å²) in [5.74, 6) is 1.99. The van der Waals surface area contributed by atoms with E-state index in [1.54, 1.807) is 12.4 Å². The van der Waals surface area contributed by atoms with Crippen LogP contribution in [-0.2, 0) is 0 Å². The molecule has 2 aromatic rings. The summed E-state index contributed by atoms with van der Waals surface area (Å²) in [7, 11) is 0. The van der Waals surface area contributed by atoms with Gasteiger partial charge in [0.1, 0.15) is 18.5 Å². The SMILES string of the molecule is CCCCCCCCCC[C@H](F)COc1cnc(-c2ccc(OCCCCCCCC)cc2)nc1. The van der Waals surface area contributed by atoms with Crippen molar-refractivity contribution in [2.24, 2.45) is 0 Å².